The van der Waals surface area contributed by atoms with Gasteiger partial charge < -0.3 is 15.6 Å². The first kappa shape index (κ1) is 10.7. The molecule has 2 rings (SSSR count). The fourth-order valence-electron chi connectivity index (χ4n) is 1.90. The number of fused-ring (bicyclic) bond motifs is 1. The maximum Gasteiger partial charge on any atom is 0.241 e. The van der Waals surface area contributed by atoms with Gasteiger partial charge in [-0.05, 0) is 13.1 Å². The Kier molecular flexibility index (Phi) is 2.92. The third-order valence-electron chi connectivity index (χ3n) is 2.73. The molecule has 0 bridgehead atoms. The number of carbonyl (C=O) groups is 1. The molecular formula is C12H15N3O. The van der Waals surface area contributed by atoms with Gasteiger partial charge >= 0.3 is 0 Å². The molecule has 3 N–H and O–H groups in total. The lowest BCUT2D eigenvalue weighted by molar-refractivity contribution is -0.122. The minimum absolute atomic E-state index is 0.0350. The summed E-state index contributed by atoms with van der Waals surface area (Å²) in [5.41, 5.74) is 2.01. The van der Waals surface area contributed by atoms with Gasteiger partial charge in [0.2, 0.25) is 5.91 Å². The van der Waals surface area contributed by atoms with E-state index in [4.69, 9.17) is 0 Å². The Morgan fingerprint density at radius 2 is 2.06 bits per heavy atom. The summed E-state index contributed by atoms with van der Waals surface area (Å²) in [4.78, 5) is 14.9. The Bertz CT molecular complexity index is 504. The highest BCUT2D eigenvalue weighted by Gasteiger charge is 2.20. The molecule has 0 saturated carbocycles. The smallest absolute Gasteiger partial charge is 0.241 e. The fourth-order valence-corrected chi connectivity index (χ4v) is 1.90. The van der Waals surface area contributed by atoms with Crippen LogP contribution in [0.1, 0.15) is 11.6 Å². The molecule has 1 unspecified atom stereocenters. The van der Waals surface area contributed by atoms with E-state index in [2.05, 4.69) is 15.6 Å². The molecule has 1 amide bonds. The topological polar surface area (TPSA) is 56.9 Å². The second kappa shape index (κ2) is 4.37. The fraction of sp³-hybridized carbons (Fsp3) is 0.250. The van der Waals surface area contributed by atoms with E-state index >= 15 is 0 Å². The molecule has 1 aromatic heterocycles. The van der Waals surface area contributed by atoms with Crippen LogP contribution in [0.25, 0.3) is 10.9 Å². The van der Waals surface area contributed by atoms with E-state index in [-0.39, 0.29) is 11.9 Å². The van der Waals surface area contributed by atoms with Gasteiger partial charge in [0.1, 0.15) is 6.04 Å². The average Bonchev–Trinajstić information content (AvgIpc) is 2.74. The van der Waals surface area contributed by atoms with Crippen molar-refractivity contribution in [2.45, 2.75) is 6.04 Å². The van der Waals surface area contributed by atoms with Crippen LogP contribution >= 0.6 is 0 Å². The van der Waals surface area contributed by atoms with Crippen LogP contribution in [0.15, 0.2) is 30.5 Å². The molecule has 0 aliphatic heterocycles. The van der Waals surface area contributed by atoms with Crippen LogP contribution in [0.3, 0.4) is 0 Å². The number of benzene rings is 1. The van der Waals surface area contributed by atoms with Gasteiger partial charge in [-0.15, -0.1) is 0 Å². The number of hydrogen-bond donors (Lipinski definition) is 3. The van der Waals surface area contributed by atoms with Crippen molar-refractivity contribution < 1.29 is 4.79 Å². The van der Waals surface area contributed by atoms with E-state index < -0.39 is 0 Å². The van der Waals surface area contributed by atoms with Crippen LogP contribution in [0, 0.1) is 0 Å². The average molecular weight is 217 g/mol. The van der Waals surface area contributed by atoms with E-state index in [1.807, 2.05) is 30.5 Å². The number of amides is 1. The number of para-hydroxylation sites is 1. The number of H-pyrrole nitrogens is 1. The Morgan fingerprint density at radius 1 is 1.31 bits per heavy atom. The molecule has 1 heterocycles. The number of nitrogens with one attached hydrogen (secondary N) is 3. The molecule has 2 aromatic rings. The van der Waals surface area contributed by atoms with Crippen molar-refractivity contribution in [1.29, 1.82) is 0 Å². The predicted molar refractivity (Wildman–Crippen MR) is 64.2 cm³/mol. The molecule has 0 spiro atoms. The summed E-state index contributed by atoms with van der Waals surface area (Å²) in [7, 11) is 3.42. The predicted octanol–water partition coefficient (Wildman–Crippen LogP) is 1.17. The summed E-state index contributed by atoms with van der Waals surface area (Å²) in [5, 5.41) is 6.74. The number of aromatic nitrogens is 1. The number of aromatic amines is 1. The Hall–Kier alpha value is -1.81. The molecule has 0 fully saturated rings. The zero-order valence-corrected chi connectivity index (χ0v) is 9.37. The number of hydrogen-bond acceptors (Lipinski definition) is 2. The molecule has 4 nitrogen and oxygen atoms in total. The lowest BCUT2D eigenvalue weighted by Gasteiger charge is -2.13. The monoisotopic (exact) mass is 217 g/mol. The standard InChI is InChI=1S/C12H15N3O/c1-13-11(12(16)14-2)9-7-15-10-6-4-3-5-8(9)10/h3-7,11,13,15H,1-2H3,(H,14,16). The van der Waals surface area contributed by atoms with E-state index in [9.17, 15) is 4.79 Å². The van der Waals surface area contributed by atoms with Crippen molar-refractivity contribution in [2.24, 2.45) is 0 Å². The Morgan fingerprint density at radius 3 is 2.75 bits per heavy atom. The molecule has 1 atom stereocenters. The molecule has 4 heteroatoms. The second-order valence-corrected chi connectivity index (χ2v) is 3.63. The van der Waals surface area contributed by atoms with Gasteiger partial charge in [0.05, 0.1) is 0 Å². The van der Waals surface area contributed by atoms with Crippen LogP contribution in [0.4, 0.5) is 0 Å². The van der Waals surface area contributed by atoms with Crippen LogP contribution < -0.4 is 10.6 Å². The van der Waals surface area contributed by atoms with E-state index in [1.54, 1.807) is 14.1 Å². The van der Waals surface area contributed by atoms with E-state index in [1.165, 1.54) is 0 Å². The molecule has 0 radical (unpaired) electrons. The normalized spacial score (nSPS) is 12.6. The maximum absolute atomic E-state index is 11.7. The quantitative estimate of drug-likeness (QED) is 0.723. The second-order valence-electron chi connectivity index (χ2n) is 3.63. The molecule has 1 aromatic carbocycles. The van der Waals surface area contributed by atoms with E-state index in [0.29, 0.717) is 0 Å². The number of likely N-dealkylation sites (N-methyl/N-ethyl adjacent to an activating group) is 2. The molecule has 0 aliphatic rings. The van der Waals surface area contributed by atoms with Gasteiger partial charge in [-0.25, -0.2) is 0 Å². The summed E-state index contributed by atoms with van der Waals surface area (Å²) < 4.78 is 0. The summed E-state index contributed by atoms with van der Waals surface area (Å²) in [6.07, 6.45) is 1.88. The number of carbonyl (C=O) groups excluding carboxylic acids is 1. The number of rotatable bonds is 3. The maximum atomic E-state index is 11.7. The van der Waals surface area contributed by atoms with Crippen molar-refractivity contribution >= 4 is 16.8 Å². The van der Waals surface area contributed by atoms with Crippen molar-refractivity contribution in [2.75, 3.05) is 14.1 Å². The van der Waals surface area contributed by atoms with Gasteiger partial charge in [-0.1, -0.05) is 18.2 Å². The molecule has 84 valence electrons. The van der Waals surface area contributed by atoms with Crippen LogP contribution in [0.5, 0.6) is 0 Å². The molecule has 16 heavy (non-hydrogen) atoms. The first-order chi connectivity index (χ1) is 7.77. The minimum atomic E-state index is -0.318. The third-order valence-corrected chi connectivity index (χ3v) is 2.73. The molecule has 0 aliphatic carbocycles. The van der Waals surface area contributed by atoms with Crippen molar-refractivity contribution in [3.63, 3.8) is 0 Å². The summed E-state index contributed by atoms with van der Waals surface area (Å²) >= 11 is 0. The minimum Gasteiger partial charge on any atom is -0.361 e. The van der Waals surface area contributed by atoms with Crippen LogP contribution in [-0.4, -0.2) is 25.0 Å². The first-order valence-corrected chi connectivity index (χ1v) is 5.22. The van der Waals surface area contributed by atoms with Gasteiger partial charge in [0.25, 0.3) is 0 Å². The van der Waals surface area contributed by atoms with Crippen molar-refractivity contribution in [3.8, 4) is 0 Å². The Labute approximate surface area is 94.0 Å². The lowest BCUT2D eigenvalue weighted by Crippen LogP contribution is -2.33. The van der Waals surface area contributed by atoms with Gasteiger partial charge in [-0.2, -0.15) is 0 Å². The highest BCUT2D eigenvalue weighted by atomic mass is 16.2. The third kappa shape index (κ3) is 1.67. The molecule has 0 saturated heterocycles. The SMILES string of the molecule is CNC(=O)C(NC)c1c[nH]c2ccccc12. The van der Waals surface area contributed by atoms with Gasteiger partial charge in [0.15, 0.2) is 0 Å². The van der Waals surface area contributed by atoms with Crippen molar-refractivity contribution in [1.82, 2.24) is 15.6 Å². The lowest BCUT2D eigenvalue weighted by atomic mass is 10.1. The van der Waals surface area contributed by atoms with Gasteiger partial charge in [0, 0.05) is 29.7 Å². The Balaban J connectivity index is 2.49. The van der Waals surface area contributed by atoms with Crippen LogP contribution in [0.2, 0.25) is 0 Å². The largest absolute Gasteiger partial charge is 0.361 e. The highest BCUT2D eigenvalue weighted by molar-refractivity contribution is 5.91. The summed E-state index contributed by atoms with van der Waals surface area (Å²) in [6, 6.07) is 7.62. The first-order valence-electron chi connectivity index (χ1n) is 5.22. The summed E-state index contributed by atoms with van der Waals surface area (Å²) in [5.74, 6) is -0.0350. The summed E-state index contributed by atoms with van der Waals surface area (Å²) in [6.45, 7) is 0. The zero-order chi connectivity index (χ0) is 11.5. The zero-order valence-electron chi connectivity index (χ0n) is 9.37. The molecular weight excluding hydrogens is 202 g/mol. The van der Waals surface area contributed by atoms with E-state index in [0.717, 1.165) is 16.5 Å². The highest BCUT2D eigenvalue weighted by Crippen LogP contribution is 2.23. The van der Waals surface area contributed by atoms with Gasteiger partial charge in [-0.3, -0.25) is 4.79 Å². The van der Waals surface area contributed by atoms with Crippen molar-refractivity contribution in [3.05, 3.63) is 36.0 Å². The van der Waals surface area contributed by atoms with Crippen LogP contribution in [-0.2, 0) is 4.79 Å².